The largest absolute Gasteiger partial charge is 0.496 e. The van der Waals surface area contributed by atoms with Gasteiger partial charge in [0.15, 0.2) is 4.34 Å². The maximum Gasteiger partial charge on any atom is 0.261 e. The number of methoxy groups -OCH3 is 1. The first-order valence-corrected chi connectivity index (χ1v) is 11.6. The van der Waals surface area contributed by atoms with Crippen molar-refractivity contribution in [1.82, 2.24) is 10.2 Å². The number of aromatic nitrogens is 2. The fourth-order valence-electron chi connectivity index (χ4n) is 2.05. The van der Waals surface area contributed by atoms with Crippen LogP contribution in [0.15, 0.2) is 44.9 Å². The Morgan fingerprint density at radius 1 is 1.33 bits per heavy atom. The zero-order valence-electron chi connectivity index (χ0n) is 13.9. The Morgan fingerprint density at radius 2 is 2.15 bits per heavy atom. The molecule has 2 heterocycles. The van der Waals surface area contributed by atoms with Gasteiger partial charge in [0.05, 0.1) is 17.6 Å². The van der Waals surface area contributed by atoms with Gasteiger partial charge in [-0.05, 0) is 29.6 Å². The van der Waals surface area contributed by atoms with Crippen LogP contribution < -0.4 is 15.2 Å². The molecular weight excluding hydrogens is 428 g/mol. The number of thiophene rings is 1. The molecule has 0 fully saturated rings. The number of hydrogen-bond donors (Lipinski definition) is 2. The third-order valence-electron chi connectivity index (χ3n) is 3.29. The highest BCUT2D eigenvalue weighted by Gasteiger charge is 2.19. The Labute approximate surface area is 167 Å². The molecular formula is C15H14N4O4S4. The standard InChI is InChI=1S/C15H14N4O4S4/c1-23-12-5-4-10(27(16,21)22)7-11(12)13(20)17-14-18-19-15(26-14)25-8-9-3-2-6-24-9/h2-7H,8H2,1H3,(H2,16,21,22)(H,17,18,20). The van der Waals surface area contributed by atoms with Crippen LogP contribution in [0.1, 0.15) is 15.2 Å². The van der Waals surface area contributed by atoms with Crippen LogP contribution in [0.25, 0.3) is 0 Å². The predicted octanol–water partition coefficient (Wildman–Crippen LogP) is 2.80. The number of sulfonamides is 1. The lowest BCUT2D eigenvalue weighted by molar-refractivity contribution is 0.102. The molecule has 0 spiro atoms. The first-order chi connectivity index (χ1) is 12.9. The van der Waals surface area contributed by atoms with Crippen LogP contribution in [-0.2, 0) is 15.8 Å². The Balaban J connectivity index is 1.73. The monoisotopic (exact) mass is 442 g/mol. The lowest BCUT2D eigenvalue weighted by Gasteiger charge is -2.09. The molecule has 0 saturated heterocycles. The second kappa shape index (κ2) is 8.35. The topological polar surface area (TPSA) is 124 Å². The van der Waals surface area contributed by atoms with Crippen molar-refractivity contribution in [2.75, 3.05) is 12.4 Å². The Hall–Kier alpha value is -1.99. The molecule has 1 amide bonds. The Morgan fingerprint density at radius 3 is 2.81 bits per heavy atom. The third-order valence-corrected chi connectivity index (χ3v) is 7.28. The number of benzene rings is 1. The predicted molar refractivity (Wildman–Crippen MR) is 106 cm³/mol. The van der Waals surface area contributed by atoms with E-state index < -0.39 is 15.9 Å². The zero-order chi connectivity index (χ0) is 19.4. The van der Waals surface area contributed by atoms with Crippen molar-refractivity contribution in [1.29, 1.82) is 0 Å². The highest BCUT2D eigenvalue weighted by atomic mass is 32.2. The minimum Gasteiger partial charge on any atom is -0.496 e. The number of primary sulfonamides is 1. The summed E-state index contributed by atoms with van der Waals surface area (Å²) in [5.74, 6) is 0.421. The summed E-state index contributed by atoms with van der Waals surface area (Å²) in [6, 6.07) is 7.82. The number of anilines is 1. The molecule has 3 aromatic rings. The van der Waals surface area contributed by atoms with Gasteiger partial charge in [-0.1, -0.05) is 29.2 Å². The number of nitrogens with one attached hydrogen (secondary N) is 1. The normalized spacial score (nSPS) is 11.3. The smallest absolute Gasteiger partial charge is 0.261 e. The first kappa shape index (κ1) is 19.8. The fourth-order valence-corrected chi connectivity index (χ4v) is 5.11. The summed E-state index contributed by atoms with van der Waals surface area (Å²) >= 11 is 4.41. The van der Waals surface area contributed by atoms with Crippen molar-refractivity contribution >= 4 is 55.5 Å². The van der Waals surface area contributed by atoms with E-state index in [0.717, 1.165) is 11.8 Å². The average molecular weight is 443 g/mol. The molecule has 27 heavy (non-hydrogen) atoms. The van der Waals surface area contributed by atoms with Crippen molar-refractivity contribution in [3.8, 4) is 5.75 Å². The van der Waals surface area contributed by atoms with Crippen molar-refractivity contribution in [2.45, 2.75) is 15.0 Å². The molecule has 142 valence electrons. The number of amides is 1. The van der Waals surface area contributed by atoms with Gasteiger partial charge in [-0.2, -0.15) is 0 Å². The lowest BCUT2D eigenvalue weighted by atomic mass is 10.2. The van der Waals surface area contributed by atoms with Crippen molar-refractivity contribution in [3.05, 3.63) is 46.2 Å². The van der Waals surface area contributed by atoms with Gasteiger partial charge in [-0.25, -0.2) is 13.6 Å². The molecule has 0 unspecified atom stereocenters. The maximum atomic E-state index is 12.5. The van der Waals surface area contributed by atoms with Crippen LogP contribution in [0.5, 0.6) is 5.75 Å². The van der Waals surface area contributed by atoms with Gasteiger partial charge in [0, 0.05) is 10.6 Å². The Kier molecular flexibility index (Phi) is 6.11. The number of carbonyl (C=O) groups excluding carboxylic acids is 1. The summed E-state index contributed by atoms with van der Waals surface area (Å²) in [6.07, 6.45) is 0. The van der Waals surface area contributed by atoms with E-state index in [-0.39, 0.29) is 16.2 Å². The number of nitrogens with zero attached hydrogens (tertiary/aromatic N) is 2. The average Bonchev–Trinajstić information content (AvgIpc) is 3.30. The van der Waals surface area contributed by atoms with Gasteiger partial charge in [0.1, 0.15) is 5.75 Å². The van der Waals surface area contributed by atoms with Gasteiger partial charge in [0.25, 0.3) is 5.91 Å². The van der Waals surface area contributed by atoms with E-state index in [2.05, 4.69) is 15.5 Å². The minimum absolute atomic E-state index is 0.0343. The molecule has 0 radical (unpaired) electrons. The van der Waals surface area contributed by atoms with Crippen molar-refractivity contribution in [3.63, 3.8) is 0 Å². The summed E-state index contributed by atoms with van der Waals surface area (Å²) in [6.45, 7) is 0. The summed E-state index contributed by atoms with van der Waals surface area (Å²) < 4.78 is 28.9. The third kappa shape index (κ3) is 5.05. The van der Waals surface area contributed by atoms with Gasteiger partial charge in [-0.15, -0.1) is 21.5 Å². The van der Waals surface area contributed by atoms with Crippen LogP contribution in [0, 0.1) is 0 Å². The molecule has 0 saturated carbocycles. The molecule has 0 bridgehead atoms. The van der Waals surface area contributed by atoms with Crippen LogP contribution in [-0.4, -0.2) is 31.6 Å². The summed E-state index contributed by atoms with van der Waals surface area (Å²) in [4.78, 5) is 13.6. The van der Waals surface area contributed by atoms with E-state index in [4.69, 9.17) is 9.88 Å². The molecule has 0 aliphatic rings. The molecule has 0 aliphatic carbocycles. The SMILES string of the molecule is COc1ccc(S(N)(=O)=O)cc1C(=O)Nc1nnc(SCc2cccs2)s1. The van der Waals surface area contributed by atoms with E-state index in [1.54, 1.807) is 11.3 Å². The quantitative estimate of drug-likeness (QED) is 0.426. The van der Waals surface area contributed by atoms with Crippen LogP contribution in [0.4, 0.5) is 5.13 Å². The number of rotatable bonds is 7. The fraction of sp³-hybridized carbons (Fsp3) is 0.133. The van der Waals surface area contributed by atoms with Gasteiger partial charge in [0.2, 0.25) is 15.2 Å². The maximum absolute atomic E-state index is 12.5. The summed E-state index contributed by atoms with van der Waals surface area (Å²) in [7, 11) is -2.56. The number of nitrogens with two attached hydrogens (primary N) is 1. The molecule has 12 heteroatoms. The zero-order valence-corrected chi connectivity index (χ0v) is 17.2. The van der Waals surface area contributed by atoms with Crippen molar-refractivity contribution < 1.29 is 17.9 Å². The van der Waals surface area contributed by atoms with E-state index in [1.165, 1.54) is 47.2 Å². The highest BCUT2D eigenvalue weighted by Crippen LogP contribution is 2.30. The molecule has 0 atom stereocenters. The van der Waals surface area contributed by atoms with Gasteiger partial charge in [-0.3, -0.25) is 10.1 Å². The number of hydrogen-bond acceptors (Lipinski definition) is 9. The van der Waals surface area contributed by atoms with Gasteiger partial charge >= 0.3 is 0 Å². The molecule has 1 aromatic carbocycles. The van der Waals surface area contributed by atoms with Gasteiger partial charge < -0.3 is 4.74 Å². The number of carbonyl (C=O) groups is 1. The second-order valence-electron chi connectivity index (χ2n) is 5.10. The molecule has 3 rings (SSSR count). The highest BCUT2D eigenvalue weighted by molar-refractivity contribution is 8.00. The lowest BCUT2D eigenvalue weighted by Crippen LogP contribution is -2.16. The molecule has 8 nitrogen and oxygen atoms in total. The Bertz CT molecular complexity index is 1050. The summed E-state index contributed by atoms with van der Waals surface area (Å²) in [5, 5.41) is 18.0. The second-order valence-corrected chi connectivity index (χ2v) is 9.90. The van der Waals surface area contributed by atoms with Crippen molar-refractivity contribution in [2.24, 2.45) is 5.14 Å². The minimum atomic E-state index is -3.94. The van der Waals surface area contributed by atoms with E-state index >= 15 is 0 Å². The summed E-state index contributed by atoms with van der Waals surface area (Å²) in [5.41, 5.74) is 0.0343. The molecule has 3 N–H and O–H groups in total. The van der Waals surface area contributed by atoms with E-state index in [9.17, 15) is 13.2 Å². The van der Waals surface area contributed by atoms with E-state index in [1.807, 2.05) is 17.5 Å². The van der Waals surface area contributed by atoms with Crippen LogP contribution >= 0.6 is 34.4 Å². The van der Waals surface area contributed by atoms with Crippen LogP contribution in [0.3, 0.4) is 0 Å². The van der Waals surface area contributed by atoms with E-state index in [0.29, 0.717) is 9.47 Å². The first-order valence-electron chi connectivity index (χ1n) is 7.37. The number of ether oxygens (including phenoxy) is 1. The van der Waals surface area contributed by atoms with Crippen LogP contribution in [0.2, 0.25) is 0 Å². The molecule has 0 aliphatic heterocycles. The number of thioether (sulfide) groups is 1. The molecule has 2 aromatic heterocycles.